The molecule has 82 valence electrons. The standard InChI is InChI=1S/C11H21NO2/c1-4-9-6-5-7-12(8-9)11(2,3)10(13)14/h9H,4-8H2,1-3H3,(H,13,14). The van der Waals surface area contributed by atoms with Gasteiger partial charge in [0.15, 0.2) is 0 Å². The molecule has 0 radical (unpaired) electrons. The third-order valence-corrected chi connectivity index (χ3v) is 3.41. The van der Waals surface area contributed by atoms with Gasteiger partial charge in [0, 0.05) is 6.54 Å². The Hall–Kier alpha value is -0.570. The van der Waals surface area contributed by atoms with Crippen molar-refractivity contribution in [2.45, 2.75) is 45.6 Å². The molecule has 0 aromatic rings. The second-order valence-electron chi connectivity index (χ2n) is 4.73. The maximum Gasteiger partial charge on any atom is 0.323 e. The SMILES string of the molecule is CCC1CCCN(C(C)(C)C(=O)O)C1. The monoisotopic (exact) mass is 199 g/mol. The Morgan fingerprint density at radius 2 is 2.21 bits per heavy atom. The van der Waals surface area contributed by atoms with Crippen LogP contribution in [0.3, 0.4) is 0 Å². The smallest absolute Gasteiger partial charge is 0.323 e. The van der Waals surface area contributed by atoms with Crippen LogP contribution in [0.4, 0.5) is 0 Å². The minimum absolute atomic E-state index is 0.683. The molecule has 1 heterocycles. The first kappa shape index (κ1) is 11.5. The first-order chi connectivity index (χ1) is 6.48. The van der Waals surface area contributed by atoms with Gasteiger partial charge in [-0.3, -0.25) is 9.69 Å². The van der Waals surface area contributed by atoms with Crippen molar-refractivity contribution in [1.29, 1.82) is 0 Å². The number of carboxylic acids is 1. The van der Waals surface area contributed by atoms with Crippen molar-refractivity contribution < 1.29 is 9.90 Å². The van der Waals surface area contributed by atoms with Crippen molar-refractivity contribution in [1.82, 2.24) is 4.90 Å². The zero-order valence-electron chi connectivity index (χ0n) is 9.42. The summed E-state index contributed by atoms with van der Waals surface area (Å²) in [7, 11) is 0. The van der Waals surface area contributed by atoms with Crippen LogP contribution in [-0.4, -0.2) is 34.6 Å². The van der Waals surface area contributed by atoms with Gasteiger partial charge >= 0.3 is 5.97 Å². The summed E-state index contributed by atoms with van der Waals surface area (Å²) in [5.74, 6) is -0.0309. The molecule has 1 aliphatic heterocycles. The summed E-state index contributed by atoms with van der Waals surface area (Å²) in [4.78, 5) is 13.2. The van der Waals surface area contributed by atoms with Gasteiger partial charge in [0.25, 0.3) is 0 Å². The minimum atomic E-state index is -0.714. The number of hydrogen-bond donors (Lipinski definition) is 1. The molecule has 0 aliphatic carbocycles. The molecule has 0 spiro atoms. The summed E-state index contributed by atoms with van der Waals surface area (Å²) in [5.41, 5.74) is -0.701. The number of piperidine rings is 1. The first-order valence-electron chi connectivity index (χ1n) is 5.47. The molecule has 1 unspecified atom stereocenters. The summed E-state index contributed by atoms with van der Waals surface area (Å²) in [6, 6.07) is 0. The Morgan fingerprint density at radius 1 is 1.57 bits per heavy atom. The molecule has 0 amide bonds. The number of nitrogens with zero attached hydrogens (tertiary/aromatic N) is 1. The molecule has 1 fully saturated rings. The predicted molar refractivity (Wildman–Crippen MR) is 56.3 cm³/mol. The van der Waals surface area contributed by atoms with Crippen molar-refractivity contribution in [2.24, 2.45) is 5.92 Å². The lowest BCUT2D eigenvalue weighted by atomic mass is 9.91. The molecule has 0 aromatic carbocycles. The van der Waals surface area contributed by atoms with Gasteiger partial charge in [-0.05, 0) is 39.2 Å². The van der Waals surface area contributed by atoms with Crippen LogP contribution >= 0.6 is 0 Å². The molecule has 1 aliphatic rings. The van der Waals surface area contributed by atoms with Gasteiger partial charge in [-0.2, -0.15) is 0 Å². The van der Waals surface area contributed by atoms with E-state index >= 15 is 0 Å². The third kappa shape index (κ3) is 2.27. The summed E-state index contributed by atoms with van der Waals surface area (Å²) in [5, 5.41) is 9.11. The largest absolute Gasteiger partial charge is 0.480 e. The average molecular weight is 199 g/mol. The summed E-state index contributed by atoms with van der Waals surface area (Å²) >= 11 is 0. The second kappa shape index (κ2) is 4.30. The van der Waals surface area contributed by atoms with Gasteiger partial charge in [-0.25, -0.2) is 0 Å². The van der Waals surface area contributed by atoms with Crippen LogP contribution in [-0.2, 0) is 4.79 Å². The zero-order valence-corrected chi connectivity index (χ0v) is 9.42. The lowest BCUT2D eigenvalue weighted by Gasteiger charge is -2.40. The highest BCUT2D eigenvalue weighted by molar-refractivity contribution is 5.77. The molecular weight excluding hydrogens is 178 g/mol. The maximum absolute atomic E-state index is 11.1. The second-order valence-corrected chi connectivity index (χ2v) is 4.73. The highest BCUT2D eigenvalue weighted by Crippen LogP contribution is 2.25. The van der Waals surface area contributed by atoms with Crippen LogP contribution in [0.5, 0.6) is 0 Å². The lowest BCUT2D eigenvalue weighted by Crippen LogP contribution is -2.53. The highest BCUT2D eigenvalue weighted by Gasteiger charge is 2.36. The molecule has 1 atom stereocenters. The van der Waals surface area contributed by atoms with Crippen LogP contribution in [0, 0.1) is 5.92 Å². The lowest BCUT2D eigenvalue weighted by molar-refractivity contribution is -0.150. The van der Waals surface area contributed by atoms with E-state index in [9.17, 15) is 4.79 Å². The van der Waals surface area contributed by atoms with Crippen molar-refractivity contribution >= 4 is 5.97 Å². The fourth-order valence-corrected chi connectivity index (χ4v) is 2.04. The predicted octanol–water partition coefficient (Wildman–Crippen LogP) is 1.97. The number of rotatable bonds is 3. The quantitative estimate of drug-likeness (QED) is 0.755. The molecule has 1 N–H and O–H groups in total. The van der Waals surface area contributed by atoms with Crippen molar-refractivity contribution in [3.63, 3.8) is 0 Å². The minimum Gasteiger partial charge on any atom is -0.480 e. The Balaban J connectivity index is 2.63. The molecule has 0 saturated carbocycles. The van der Waals surface area contributed by atoms with E-state index in [-0.39, 0.29) is 0 Å². The van der Waals surface area contributed by atoms with Crippen LogP contribution in [0.2, 0.25) is 0 Å². The van der Waals surface area contributed by atoms with E-state index in [1.54, 1.807) is 13.8 Å². The molecule has 3 heteroatoms. The molecule has 1 rings (SSSR count). The highest BCUT2D eigenvalue weighted by atomic mass is 16.4. The fraction of sp³-hybridized carbons (Fsp3) is 0.909. The normalized spacial score (nSPS) is 24.9. The summed E-state index contributed by atoms with van der Waals surface area (Å²) < 4.78 is 0. The molecule has 1 saturated heterocycles. The number of carbonyl (C=O) groups is 1. The Kier molecular flexibility index (Phi) is 3.53. The van der Waals surface area contributed by atoms with Crippen molar-refractivity contribution in [2.75, 3.05) is 13.1 Å². The molecule has 14 heavy (non-hydrogen) atoms. The van der Waals surface area contributed by atoms with Gasteiger partial charge in [0.1, 0.15) is 5.54 Å². The Bertz CT molecular complexity index is 213. The zero-order chi connectivity index (χ0) is 10.8. The molecule has 0 bridgehead atoms. The average Bonchev–Trinajstić information content (AvgIpc) is 2.17. The Labute approximate surface area is 86.1 Å². The van der Waals surface area contributed by atoms with Gasteiger partial charge in [-0.1, -0.05) is 13.3 Å². The number of likely N-dealkylation sites (tertiary alicyclic amines) is 1. The van der Waals surface area contributed by atoms with E-state index in [0.29, 0.717) is 5.92 Å². The van der Waals surface area contributed by atoms with Crippen molar-refractivity contribution in [3.05, 3.63) is 0 Å². The maximum atomic E-state index is 11.1. The number of aliphatic carboxylic acids is 1. The third-order valence-electron chi connectivity index (χ3n) is 3.41. The van der Waals surface area contributed by atoms with Gasteiger partial charge < -0.3 is 5.11 Å². The Morgan fingerprint density at radius 3 is 2.71 bits per heavy atom. The van der Waals surface area contributed by atoms with E-state index < -0.39 is 11.5 Å². The van der Waals surface area contributed by atoms with Gasteiger partial charge in [-0.15, -0.1) is 0 Å². The van der Waals surface area contributed by atoms with Gasteiger partial charge in [0.05, 0.1) is 0 Å². The topological polar surface area (TPSA) is 40.5 Å². The molecule has 3 nitrogen and oxygen atoms in total. The van der Waals surface area contributed by atoms with Crippen LogP contribution in [0.15, 0.2) is 0 Å². The van der Waals surface area contributed by atoms with E-state index in [1.165, 1.54) is 6.42 Å². The number of carboxylic acid groups (broad SMARTS) is 1. The fourth-order valence-electron chi connectivity index (χ4n) is 2.04. The van der Waals surface area contributed by atoms with Crippen LogP contribution in [0.1, 0.15) is 40.0 Å². The van der Waals surface area contributed by atoms with E-state index in [0.717, 1.165) is 25.9 Å². The van der Waals surface area contributed by atoms with Crippen LogP contribution < -0.4 is 0 Å². The first-order valence-corrected chi connectivity index (χ1v) is 5.47. The van der Waals surface area contributed by atoms with Crippen LogP contribution in [0.25, 0.3) is 0 Å². The van der Waals surface area contributed by atoms with E-state index in [4.69, 9.17) is 5.11 Å². The molecule has 0 aromatic heterocycles. The summed E-state index contributed by atoms with van der Waals surface area (Å²) in [6.07, 6.45) is 3.55. The van der Waals surface area contributed by atoms with E-state index in [1.807, 2.05) is 0 Å². The summed E-state index contributed by atoms with van der Waals surface area (Å²) in [6.45, 7) is 7.65. The van der Waals surface area contributed by atoms with Crippen molar-refractivity contribution in [3.8, 4) is 0 Å². The molecular formula is C11H21NO2. The van der Waals surface area contributed by atoms with E-state index in [2.05, 4.69) is 11.8 Å². The number of hydrogen-bond acceptors (Lipinski definition) is 2. The van der Waals surface area contributed by atoms with Gasteiger partial charge in [0.2, 0.25) is 0 Å².